The second-order valence-corrected chi connectivity index (χ2v) is 6.65. The monoisotopic (exact) mass is 324 g/mol. The topological polar surface area (TPSA) is 47.3 Å². The fraction of sp³-hybridized carbons (Fsp3) is 0.429. The van der Waals surface area contributed by atoms with Gasteiger partial charge in [0.1, 0.15) is 5.75 Å². The minimum atomic E-state index is 0.0496. The van der Waals surface area contributed by atoms with Crippen LogP contribution in [-0.2, 0) is 5.41 Å². The van der Waals surface area contributed by atoms with E-state index in [2.05, 4.69) is 59.9 Å². The van der Waals surface area contributed by atoms with Gasteiger partial charge >= 0.3 is 0 Å². The lowest BCUT2D eigenvalue weighted by molar-refractivity contribution is 0.226. The van der Waals surface area contributed by atoms with Crippen LogP contribution in [0.2, 0.25) is 0 Å². The molecule has 2 unspecified atom stereocenters. The van der Waals surface area contributed by atoms with E-state index in [0.29, 0.717) is 5.92 Å². The van der Waals surface area contributed by atoms with Gasteiger partial charge in [0.15, 0.2) is 0 Å². The Morgan fingerprint density at radius 2 is 1.79 bits per heavy atom. The Balaban J connectivity index is 2.08. The summed E-state index contributed by atoms with van der Waals surface area (Å²) in [5, 5.41) is 3.60. The van der Waals surface area contributed by atoms with Crippen molar-refractivity contribution < 1.29 is 4.74 Å². The quantitative estimate of drug-likeness (QED) is 0.857. The minimum Gasteiger partial charge on any atom is -0.497 e. The van der Waals surface area contributed by atoms with Crippen LogP contribution < -0.4 is 15.8 Å². The van der Waals surface area contributed by atoms with E-state index < -0.39 is 0 Å². The molecule has 0 spiro atoms. The van der Waals surface area contributed by atoms with Gasteiger partial charge < -0.3 is 15.8 Å². The second-order valence-electron chi connectivity index (χ2n) is 6.65. The van der Waals surface area contributed by atoms with Gasteiger partial charge in [-0.1, -0.05) is 42.5 Å². The molecule has 0 saturated carbocycles. The summed E-state index contributed by atoms with van der Waals surface area (Å²) in [5.74, 6) is 1.46. The first-order chi connectivity index (χ1) is 11.8. The number of benzene rings is 2. The van der Waals surface area contributed by atoms with Crippen LogP contribution in [0.15, 0.2) is 54.6 Å². The number of hydrogen-bond donors (Lipinski definition) is 2. The lowest BCUT2D eigenvalue weighted by Gasteiger charge is -2.46. The van der Waals surface area contributed by atoms with E-state index in [0.717, 1.165) is 44.6 Å². The summed E-state index contributed by atoms with van der Waals surface area (Å²) >= 11 is 0. The number of hydrogen-bond acceptors (Lipinski definition) is 3. The van der Waals surface area contributed by atoms with Crippen LogP contribution in [0, 0.1) is 5.92 Å². The van der Waals surface area contributed by atoms with E-state index in [-0.39, 0.29) is 5.41 Å². The van der Waals surface area contributed by atoms with Crippen LogP contribution >= 0.6 is 0 Å². The van der Waals surface area contributed by atoms with Crippen LogP contribution in [0.1, 0.15) is 30.4 Å². The molecular weight excluding hydrogens is 296 g/mol. The van der Waals surface area contributed by atoms with Crippen molar-refractivity contribution in [3.05, 3.63) is 65.7 Å². The Morgan fingerprint density at radius 1 is 1.08 bits per heavy atom. The maximum atomic E-state index is 5.81. The van der Waals surface area contributed by atoms with Crippen molar-refractivity contribution in [2.45, 2.75) is 24.7 Å². The van der Waals surface area contributed by atoms with E-state index >= 15 is 0 Å². The summed E-state index contributed by atoms with van der Waals surface area (Å²) in [6.07, 6.45) is 3.32. The highest BCUT2D eigenvalue weighted by Crippen LogP contribution is 2.45. The Bertz CT molecular complexity index is 626. The van der Waals surface area contributed by atoms with E-state index in [1.807, 2.05) is 0 Å². The first-order valence-corrected chi connectivity index (χ1v) is 8.92. The molecule has 3 heteroatoms. The molecule has 2 aromatic rings. The Kier molecular flexibility index (Phi) is 5.54. The predicted molar refractivity (Wildman–Crippen MR) is 99.5 cm³/mol. The third kappa shape index (κ3) is 3.19. The number of rotatable bonds is 6. The van der Waals surface area contributed by atoms with Crippen LogP contribution in [0.5, 0.6) is 5.75 Å². The first-order valence-electron chi connectivity index (χ1n) is 8.92. The molecule has 2 aromatic carbocycles. The Hall–Kier alpha value is -1.84. The van der Waals surface area contributed by atoms with E-state index in [9.17, 15) is 0 Å². The molecule has 3 nitrogen and oxygen atoms in total. The lowest BCUT2D eigenvalue weighted by Crippen LogP contribution is -2.49. The maximum Gasteiger partial charge on any atom is 0.118 e. The van der Waals surface area contributed by atoms with Gasteiger partial charge in [0.05, 0.1) is 7.11 Å². The number of ether oxygens (including phenoxy) is 1. The van der Waals surface area contributed by atoms with Gasteiger partial charge in [-0.25, -0.2) is 0 Å². The van der Waals surface area contributed by atoms with Gasteiger partial charge in [0, 0.05) is 5.41 Å². The van der Waals surface area contributed by atoms with Crippen molar-refractivity contribution in [2.24, 2.45) is 11.7 Å². The summed E-state index contributed by atoms with van der Waals surface area (Å²) in [4.78, 5) is 0. The molecule has 3 rings (SSSR count). The lowest BCUT2D eigenvalue weighted by atomic mass is 9.61. The van der Waals surface area contributed by atoms with Crippen molar-refractivity contribution in [1.82, 2.24) is 5.32 Å². The number of nitrogens with two attached hydrogens (primary N) is 1. The fourth-order valence-corrected chi connectivity index (χ4v) is 4.20. The summed E-state index contributed by atoms with van der Waals surface area (Å²) in [7, 11) is 1.72. The fourth-order valence-electron chi connectivity index (χ4n) is 4.20. The molecule has 0 radical (unpaired) electrons. The molecule has 1 aliphatic heterocycles. The van der Waals surface area contributed by atoms with Crippen molar-refractivity contribution in [2.75, 3.05) is 26.7 Å². The summed E-state index contributed by atoms with van der Waals surface area (Å²) in [5.41, 5.74) is 8.66. The highest BCUT2D eigenvalue weighted by molar-refractivity contribution is 5.43. The van der Waals surface area contributed by atoms with Crippen LogP contribution in [0.4, 0.5) is 0 Å². The van der Waals surface area contributed by atoms with Crippen molar-refractivity contribution in [3.63, 3.8) is 0 Å². The van der Waals surface area contributed by atoms with Crippen molar-refractivity contribution in [3.8, 4) is 5.75 Å². The van der Waals surface area contributed by atoms with Crippen molar-refractivity contribution >= 4 is 0 Å². The zero-order chi connectivity index (χ0) is 16.8. The molecule has 24 heavy (non-hydrogen) atoms. The highest BCUT2D eigenvalue weighted by atomic mass is 16.5. The second kappa shape index (κ2) is 7.82. The zero-order valence-corrected chi connectivity index (χ0v) is 14.5. The standard InChI is InChI=1S/C21H28N2O/c1-24-20-11-9-18(10-12-20)21(17-6-3-2-4-7-17)13-15-23-16-19(21)8-5-14-22/h2-4,6-7,9-12,19,23H,5,8,13-16,22H2,1H3. The Morgan fingerprint density at radius 3 is 2.46 bits per heavy atom. The van der Waals surface area contributed by atoms with E-state index in [1.165, 1.54) is 11.1 Å². The van der Waals surface area contributed by atoms with Gasteiger partial charge in [-0.2, -0.15) is 0 Å². The van der Waals surface area contributed by atoms with Crippen LogP contribution in [0.3, 0.4) is 0 Å². The molecule has 128 valence electrons. The number of methoxy groups -OCH3 is 1. The smallest absolute Gasteiger partial charge is 0.118 e. The first kappa shape index (κ1) is 17.0. The van der Waals surface area contributed by atoms with Crippen LogP contribution in [0.25, 0.3) is 0 Å². The molecule has 1 aliphatic rings. The third-order valence-corrected chi connectivity index (χ3v) is 5.43. The molecular formula is C21H28N2O. The van der Waals surface area contributed by atoms with Gasteiger partial charge in [0.25, 0.3) is 0 Å². The molecule has 0 amide bonds. The molecule has 1 heterocycles. The Labute approximate surface area is 145 Å². The van der Waals surface area contributed by atoms with Gasteiger partial charge in [0.2, 0.25) is 0 Å². The summed E-state index contributed by atoms with van der Waals surface area (Å²) in [6.45, 7) is 2.84. The molecule has 1 fully saturated rings. The molecule has 3 N–H and O–H groups in total. The SMILES string of the molecule is COc1ccc(C2(c3ccccc3)CCNCC2CCCN)cc1. The van der Waals surface area contributed by atoms with E-state index in [1.54, 1.807) is 7.11 Å². The van der Waals surface area contributed by atoms with E-state index in [4.69, 9.17) is 10.5 Å². The minimum absolute atomic E-state index is 0.0496. The predicted octanol–water partition coefficient (Wildman–Crippen LogP) is 3.33. The molecule has 0 aromatic heterocycles. The maximum absolute atomic E-state index is 5.81. The molecule has 2 atom stereocenters. The average molecular weight is 324 g/mol. The molecule has 0 bridgehead atoms. The van der Waals surface area contributed by atoms with Gasteiger partial charge in [-0.05, 0) is 68.1 Å². The zero-order valence-electron chi connectivity index (χ0n) is 14.5. The number of nitrogens with one attached hydrogen (secondary N) is 1. The largest absolute Gasteiger partial charge is 0.497 e. The molecule has 0 aliphatic carbocycles. The highest BCUT2D eigenvalue weighted by Gasteiger charge is 2.43. The average Bonchev–Trinajstić information content (AvgIpc) is 2.67. The van der Waals surface area contributed by atoms with Gasteiger partial charge in [-0.15, -0.1) is 0 Å². The van der Waals surface area contributed by atoms with Crippen molar-refractivity contribution in [1.29, 1.82) is 0 Å². The molecule has 1 saturated heterocycles. The summed E-state index contributed by atoms with van der Waals surface area (Å²) in [6, 6.07) is 19.6. The summed E-state index contributed by atoms with van der Waals surface area (Å²) < 4.78 is 5.36. The van der Waals surface area contributed by atoms with Gasteiger partial charge in [-0.3, -0.25) is 0 Å². The van der Waals surface area contributed by atoms with Crippen LogP contribution in [-0.4, -0.2) is 26.7 Å². The normalized spacial score (nSPS) is 23.8. The number of piperidine rings is 1. The third-order valence-electron chi connectivity index (χ3n) is 5.43.